The maximum Gasteiger partial charge on any atom is 0.418 e. The zero-order valence-corrected chi connectivity index (χ0v) is 15.9. The third kappa shape index (κ3) is 4.30. The molecule has 3 saturated heterocycles. The molecule has 160 valence electrons. The molecule has 1 aromatic heterocycles. The van der Waals surface area contributed by atoms with Crippen LogP contribution in [0.1, 0.15) is 25.3 Å². The number of nitrogens with one attached hydrogen (secondary N) is 2. The molecule has 29 heavy (non-hydrogen) atoms. The molecule has 4 rings (SSSR count). The summed E-state index contributed by atoms with van der Waals surface area (Å²) < 4.78 is 36.6. The molecule has 15 nitrogen and oxygen atoms in total. The highest BCUT2D eigenvalue weighted by atomic mass is 32.3. The molecule has 3 aliphatic rings. The van der Waals surface area contributed by atoms with Crippen LogP contribution >= 0.6 is 0 Å². The molecular weight excluding hydrogens is 412 g/mol. The Morgan fingerprint density at radius 3 is 2.93 bits per heavy atom. The quantitative estimate of drug-likeness (QED) is 0.309. The molecule has 0 radical (unpaired) electrons. The molecule has 4 heterocycles. The summed E-state index contributed by atoms with van der Waals surface area (Å²) in [4.78, 5) is 31.3. The topological polar surface area (TPSA) is 181 Å². The molecule has 4 atom stereocenters. The second-order valence-electron chi connectivity index (χ2n) is 7.07. The van der Waals surface area contributed by atoms with Crippen LogP contribution in [-0.4, -0.2) is 92.9 Å². The van der Waals surface area contributed by atoms with Gasteiger partial charge >= 0.3 is 16.4 Å². The molecule has 3 amide bonds. The smallest absolute Gasteiger partial charge is 0.309 e. The molecule has 0 unspecified atom stereocenters. The van der Waals surface area contributed by atoms with E-state index in [0.717, 1.165) is 6.42 Å². The maximum absolute atomic E-state index is 12.4. The van der Waals surface area contributed by atoms with Gasteiger partial charge in [0.15, 0.2) is 0 Å². The number of carbonyl (C=O) groups is 2. The molecule has 0 aromatic carbocycles. The van der Waals surface area contributed by atoms with E-state index >= 15 is 0 Å². The second kappa shape index (κ2) is 7.79. The lowest BCUT2D eigenvalue weighted by molar-refractivity contribution is -0.139. The molecule has 1 aromatic rings. The SMILES string of the molecule is O=C(NOC[C@@H]1C[C@@H](n2cnnn2)CN1)[C@@H]1CC[C@@H]2CN1C(=O)N2OS(=O)(=O)O. The lowest BCUT2D eigenvalue weighted by Crippen LogP contribution is -2.50. The first-order valence-corrected chi connectivity index (χ1v) is 10.3. The number of carbonyl (C=O) groups excluding carboxylic acids is 2. The van der Waals surface area contributed by atoms with E-state index in [9.17, 15) is 18.0 Å². The summed E-state index contributed by atoms with van der Waals surface area (Å²) in [7, 11) is -4.83. The van der Waals surface area contributed by atoms with Crippen LogP contribution in [0, 0.1) is 0 Å². The van der Waals surface area contributed by atoms with Crippen molar-refractivity contribution in [2.75, 3.05) is 19.7 Å². The van der Waals surface area contributed by atoms with Crippen LogP contribution in [0.5, 0.6) is 0 Å². The Kier molecular flexibility index (Phi) is 5.34. The first-order chi connectivity index (χ1) is 13.8. The van der Waals surface area contributed by atoms with Crippen molar-refractivity contribution in [3.05, 3.63) is 6.33 Å². The van der Waals surface area contributed by atoms with Crippen LogP contribution < -0.4 is 10.8 Å². The Morgan fingerprint density at radius 1 is 1.38 bits per heavy atom. The normalized spacial score (nSPS) is 29.5. The predicted molar refractivity (Wildman–Crippen MR) is 90.7 cm³/mol. The predicted octanol–water partition coefficient (Wildman–Crippen LogP) is -2.37. The zero-order valence-electron chi connectivity index (χ0n) is 15.1. The van der Waals surface area contributed by atoms with Crippen LogP contribution in [0.4, 0.5) is 4.79 Å². The van der Waals surface area contributed by atoms with E-state index < -0.39 is 34.4 Å². The Labute approximate surface area is 165 Å². The number of amides is 3. The van der Waals surface area contributed by atoms with Gasteiger partial charge in [0.05, 0.1) is 18.7 Å². The average molecular weight is 432 g/mol. The number of urea groups is 1. The molecule has 3 fully saturated rings. The second-order valence-corrected chi connectivity index (χ2v) is 8.08. The maximum atomic E-state index is 12.4. The van der Waals surface area contributed by atoms with Crippen molar-refractivity contribution in [3.8, 4) is 0 Å². The van der Waals surface area contributed by atoms with Crippen molar-refractivity contribution in [1.82, 2.24) is 41.0 Å². The highest BCUT2D eigenvalue weighted by Gasteiger charge is 2.49. The Hall–Kier alpha value is -2.40. The van der Waals surface area contributed by atoms with Gasteiger partial charge in [0.2, 0.25) is 0 Å². The molecule has 16 heteroatoms. The number of hydroxylamine groups is 3. The van der Waals surface area contributed by atoms with Gasteiger partial charge in [-0.1, -0.05) is 0 Å². The summed E-state index contributed by atoms with van der Waals surface area (Å²) in [5.41, 5.74) is 2.35. The largest absolute Gasteiger partial charge is 0.418 e. The minimum absolute atomic E-state index is 0.00712. The van der Waals surface area contributed by atoms with Crippen LogP contribution in [0.2, 0.25) is 0 Å². The lowest BCUT2D eigenvalue weighted by Gasteiger charge is -2.29. The first kappa shape index (κ1) is 19.9. The summed E-state index contributed by atoms with van der Waals surface area (Å²) in [6.45, 7) is 0.999. The highest BCUT2D eigenvalue weighted by molar-refractivity contribution is 7.80. The third-order valence-electron chi connectivity index (χ3n) is 5.20. The van der Waals surface area contributed by atoms with Crippen molar-refractivity contribution < 1.29 is 31.7 Å². The summed E-state index contributed by atoms with van der Waals surface area (Å²) in [5.74, 6) is -0.513. The fourth-order valence-corrected chi connectivity index (χ4v) is 4.24. The van der Waals surface area contributed by atoms with Gasteiger partial charge in [-0.25, -0.2) is 15.0 Å². The van der Waals surface area contributed by atoms with Crippen LogP contribution in [0.15, 0.2) is 6.33 Å². The Bertz CT molecular complexity index is 865. The molecule has 0 spiro atoms. The number of piperidine rings is 1. The summed E-state index contributed by atoms with van der Waals surface area (Å²) >= 11 is 0. The minimum Gasteiger partial charge on any atom is -0.309 e. The van der Waals surface area contributed by atoms with Crippen molar-refractivity contribution >= 4 is 22.3 Å². The number of hydrogen-bond acceptors (Lipinski definition) is 10. The first-order valence-electron chi connectivity index (χ1n) is 8.96. The number of fused-ring (bicyclic) bond motifs is 2. The van der Waals surface area contributed by atoms with E-state index in [1.165, 1.54) is 11.2 Å². The van der Waals surface area contributed by atoms with Crippen molar-refractivity contribution in [2.24, 2.45) is 0 Å². The van der Waals surface area contributed by atoms with Crippen molar-refractivity contribution in [2.45, 2.75) is 43.4 Å². The van der Waals surface area contributed by atoms with Gasteiger partial charge in [0.1, 0.15) is 12.4 Å². The van der Waals surface area contributed by atoms with Crippen molar-refractivity contribution in [3.63, 3.8) is 0 Å². The zero-order chi connectivity index (χ0) is 20.6. The fourth-order valence-electron chi connectivity index (χ4n) is 3.85. The average Bonchev–Trinajstić information content (AvgIpc) is 3.39. The molecule has 3 aliphatic heterocycles. The minimum atomic E-state index is -4.83. The fraction of sp³-hybridized carbons (Fsp3) is 0.769. The van der Waals surface area contributed by atoms with Gasteiger partial charge < -0.3 is 10.2 Å². The van der Waals surface area contributed by atoms with Gasteiger partial charge in [-0.3, -0.25) is 14.2 Å². The van der Waals surface area contributed by atoms with Gasteiger partial charge in [0, 0.05) is 19.1 Å². The number of tetrazole rings is 1. The monoisotopic (exact) mass is 432 g/mol. The van der Waals surface area contributed by atoms with Gasteiger partial charge in [0.25, 0.3) is 5.91 Å². The van der Waals surface area contributed by atoms with Gasteiger partial charge in [-0.05, 0) is 29.7 Å². The molecule has 0 aliphatic carbocycles. The summed E-state index contributed by atoms with van der Waals surface area (Å²) in [6, 6.07) is -2.08. The highest BCUT2D eigenvalue weighted by Crippen LogP contribution is 2.30. The number of nitrogens with zero attached hydrogens (tertiary/aromatic N) is 6. The molecule has 2 bridgehead atoms. The molecular formula is C13H20N8O7S. The van der Waals surface area contributed by atoms with Gasteiger partial charge in [-0.15, -0.1) is 9.38 Å². The summed E-state index contributed by atoms with van der Waals surface area (Å²) in [6.07, 6.45) is 2.90. The van der Waals surface area contributed by atoms with Crippen LogP contribution in [0.25, 0.3) is 0 Å². The van der Waals surface area contributed by atoms with E-state index in [-0.39, 0.29) is 25.2 Å². The standard InChI is InChI=1S/C13H20N8O7S/c22-12(16-27-6-8-3-10(4-14-8)20-7-15-17-18-20)11-2-1-9-5-19(11)13(23)21(9)28-29(24,25)26/h7-11,14H,1-6H2,(H,16,22)(H,24,25,26)/t8-,9+,10+,11-/m0/s1. The van der Waals surface area contributed by atoms with E-state index in [2.05, 4.69) is 30.6 Å². The van der Waals surface area contributed by atoms with Crippen molar-refractivity contribution in [1.29, 1.82) is 0 Å². The van der Waals surface area contributed by atoms with E-state index in [0.29, 0.717) is 24.4 Å². The number of aromatic nitrogens is 4. The van der Waals surface area contributed by atoms with E-state index in [4.69, 9.17) is 9.39 Å². The Morgan fingerprint density at radius 2 is 2.21 bits per heavy atom. The third-order valence-corrected chi connectivity index (χ3v) is 5.54. The lowest BCUT2D eigenvalue weighted by atomic mass is 10.0. The molecule has 3 N–H and O–H groups in total. The number of hydrogen-bond donors (Lipinski definition) is 3. The Balaban J connectivity index is 1.25. The van der Waals surface area contributed by atoms with Crippen LogP contribution in [-0.2, 0) is 24.3 Å². The van der Waals surface area contributed by atoms with Crippen LogP contribution in [0.3, 0.4) is 0 Å². The van der Waals surface area contributed by atoms with E-state index in [1.54, 1.807) is 4.68 Å². The number of rotatable bonds is 7. The van der Waals surface area contributed by atoms with E-state index in [1.807, 2.05) is 0 Å². The molecule has 0 saturated carbocycles. The summed E-state index contributed by atoms with van der Waals surface area (Å²) in [5, 5.41) is 14.9. The van der Waals surface area contributed by atoms with Gasteiger partial charge in [-0.2, -0.15) is 13.5 Å².